The van der Waals surface area contributed by atoms with E-state index in [4.69, 9.17) is 5.14 Å². The van der Waals surface area contributed by atoms with Crippen LogP contribution in [0.5, 0.6) is 0 Å². The summed E-state index contributed by atoms with van der Waals surface area (Å²) in [6, 6.07) is 16.0. The number of nitrogens with zero attached hydrogens (tertiary/aromatic N) is 2. The van der Waals surface area contributed by atoms with Crippen molar-refractivity contribution < 1.29 is 18.0 Å². The van der Waals surface area contributed by atoms with Crippen LogP contribution in [0.25, 0.3) is 0 Å². The number of para-hydroxylation sites is 1. The lowest BCUT2D eigenvalue weighted by Crippen LogP contribution is -2.48. The number of amides is 2. The molecule has 166 valence electrons. The number of carbonyl (C=O) groups is 2. The summed E-state index contributed by atoms with van der Waals surface area (Å²) in [6.07, 6.45) is 0.293. The van der Waals surface area contributed by atoms with Gasteiger partial charge in [-0.15, -0.1) is 0 Å². The van der Waals surface area contributed by atoms with Crippen LogP contribution in [0.1, 0.15) is 12.0 Å². The Morgan fingerprint density at radius 2 is 1.48 bits per heavy atom. The van der Waals surface area contributed by atoms with Crippen LogP contribution in [0.3, 0.4) is 0 Å². The number of hydrazine groups is 1. The lowest BCUT2D eigenvalue weighted by atomic mass is 10.1. The van der Waals surface area contributed by atoms with Gasteiger partial charge in [0.2, 0.25) is 21.8 Å². The second-order valence-electron chi connectivity index (χ2n) is 7.38. The van der Waals surface area contributed by atoms with Crippen LogP contribution in [0.15, 0.2) is 59.5 Å². The molecule has 10 heteroatoms. The van der Waals surface area contributed by atoms with Crippen molar-refractivity contribution in [1.82, 2.24) is 15.8 Å². The minimum Gasteiger partial charge on any atom is -0.369 e. The molecule has 2 aromatic rings. The van der Waals surface area contributed by atoms with Crippen LogP contribution >= 0.6 is 0 Å². The predicted molar refractivity (Wildman–Crippen MR) is 118 cm³/mol. The van der Waals surface area contributed by atoms with Crippen molar-refractivity contribution in [2.75, 3.05) is 37.6 Å². The minimum absolute atomic E-state index is 0.00657. The van der Waals surface area contributed by atoms with E-state index in [9.17, 15) is 18.0 Å². The van der Waals surface area contributed by atoms with Gasteiger partial charge in [0.1, 0.15) is 0 Å². The highest BCUT2D eigenvalue weighted by molar-refractivity contribution is 7.89. The summed E-state index contributed by atoms with van der Waals surface area (Å²) in [5.74, 6) is -0.656. The number of nitrogens with two attached hydrogens (primary N) is 1. The Labute approximate surface area is 182 Å². The fourth-order valence-electron chi connectivity index (χ4n) is 3.36. The standard InChI is InChI=1S/C21H27N5O4S/c22-31(29,30)19-8-6-17(7-9-19)16-21(28)24-23-20(27)10-11-25-12-14-26(15-13-25)18-4-2-1-3-5-18/h1-9H,10-16H2,(H,23,27)(H,24,28)(H2,22,29,30). The summed E-state index contributed by atoms with van der Waals surface area (Å²) in [7, 11) is -3.77. The SMILES string of the molecule is NS(=O)(=O)c1ccc(CC(=O)NNC(=O)CCN2CCN(c3ccccc3)CC2)cc1. The van der Waals surface area contributed by atoms with E-state index in [2.05, 4.69) is 32.8 Å². The number of primary sulfonamides is 1. The Bertz CT molecular complexity index is 988. The summed E-state index contributed by atoms with van der Waals surface area (Å²) in [5.41, 5.74) is 6.62. The van der Waals surface area contributed by atoms with Crippen molar-refractivity contribution in [3.05, 3.63) is 60.2 Å². The van der Waals surface area contributed by atoms with Gasteiger partial charge in [0.15, 0.2) is 0 Å². The third-order valence-electron chi connectivity index (χ3n) is 5.11. The maximum absolute atomic E-state index is 12.0. The molecule has 0 aromatic heterocycles. The van der Waals surface area contributed by atoms with Gasteiger partial charge in [0.05, 0.1) is 11.3 Å². The Hall–Kier alpha value is -2.95. The highest BCUT2D eigenvalue weighted by Gasteiger charge is 2.17. The number of hydrogen-bond acceptors (Lipinski definition) is 6. The highest BCUT2D eigenvalue weighted by atomic mass is 32.2. The van der Waals surface area contributed by atoms with Gasteiger partial charge in [0, 0.05) is 44.8 Å². The highest BCUT2D eigenvalue weighted by Crippen LogP contribution is 2.15. The molecule has 9 nitrogen and oxygen atoms in total. The van der Waals surface area contributed by atoms with E-state index in [1.807, 2.05) is 18.2 Å². The normalized spacial score (nSPS) is 14.8. The number of nitrogens with one attached hydrogen (secondary N) is 2. The summed E-state index contributed by atoms with van der Waals surface area (Å²) in [4.78, 5) is 28.6. The van der Waals surface area contributed by atoms with E-state index >= 15 is 0 Å². The number of hydrogen-bond donors (Lipinski definition) is 3. The summed E-state index contributed by atoms with van der Waals surface area (Å²) < 4.78 is 22.5. The fraction of sp³-hybridized carbons (Fsp3) is 0.333. The van der Waals surface area contributed by atoms with Gasteiger partial charge in [-0.1, -0.05) is 30.3 Å². The first-order chi connectivity index (χ1) is 14.8. The average molecular weight is 446 g/mol. The largest absolute Gasteiger partial charge is 0.369 e. The second kappa shape index (κ2) is 10.4. The molecular formula is C21H27N5O4S. The molecule has 1 fully saturated rings. The molecule has 1 saturated heterocycles. The molecule has 4 N–H and O–H groups in total. The monoisotopic (exact) mass is 445 g/mol. The summed E-state index contributed by atoms with van der Waals surface area (Å²) in [6.45, 7) is 4.20. The van der Waals surface area contributed by atoms with Gasteiger partial charge >= 0.3 is 0 Å². The first-order valence-electron chi connectivity index (χ1n) is 10.0. The van der Waals surface area contributed by atoms with Crippen LogP contribution in [-0.4, -0.2) is 57.9 Å². The number of benzene rings is 2. The van der Waals surface area contributed by atoms with E-state index in [-0.39, 0.29) is 23.6 Å². The molecule has 0 bridgehead atoms. The number of carbonyl (C=O) groups excluding carboxylic acids is 2. The number of sulfonamides is 1. The molecule has 3 rings (SSSR count). The van der Waals surface area contributed by atoms with Crippen LogP contribution in [-0.2, 0) is 26.0 Å². The molecule has 0 spiro atoms. The third-order valence-corrected chi connectivity index (χ3v) is 6.04. The smallest absolute Gasteiger partial charge is 0.242 e. The molecule has 1 heterocycles. The van der Waals surface area contributed by atoms with Crippen molar-refractivity contribution in [3.63, 3.8) is 0 Å². The van der Waals surface area contributed by atoms with Crippen molar-refractivity contribution in [3.8, 4) is 0 Å². The quantitative estimate of drug-likeness (QED) is 0.524. The molecule has 1 aliphatic heterocycles. The van der Waals surface area contributed by atoms with Gasteiger partial charge < -0.3 is 4.90 Å². The molecule has 2 amide bonds. The van der Waals surface area contributed by atoms with Crippen LogP contribution in [0, 0.1) is 0 Å². The average Bonchev–Trinajstić information content (AvgIpc) is 2.77. The second-order valence-corrected chi connectivity index (χ2v) is 8.94. The minimum atomic E-state index is -3.77. The Morgan fingerprint density at radius 1 is 0.871 bits per heavy atom. The van der Waals surface area contributed by atoms with E-state index in [1.54, 1.807) is 0 Å². The van der Waals surface area contributed by atoms with Crippen molar-refractivity contribution in [1.29, 1.82) is 0 Å². The Balaban J connectivity index is 1.33. The van der Waals surface area contributed by atoms with Gasteiger partial charge in [-0.3, -0.25) is 25.3 Å². The lowest BCUT2D eigenvalue weighted by molar-refractivity contribution is -0.128. The van der Waals surface area contributed by atoms with Gasteiger partial charge in [-0.05, 0) is 29.8 Å². The fourth-order valence-corrected chi connectivity index (χ4v) is 3.87. The molecule has 0 atom stereocenters. The molecule has 0 radical (unpaired) electrons. The van der Waals surface area contributed by atoms with Gasteiger partial charge in [-0.25, -0.2) is 13.6 Å². The predicted octanol–water partition coefficient (Wildman–Crippen LogP) is 0.236. The number of rotatable bonds is 7. The number of piperazine rings is 1. The Kier molecular flexibility index (Phi) is 7.61. The van der Waals surface area contributed by atoms with Crippen LogP contribution in [0.4, 0.5) is 5.69 Å². The molecule has 0 aliphatic carbocycles. The molecule has 2 aromatic carbocycles. The van der Waals surface area contributed by atoms with Crippen LogP contribution in [0.2, 0.25) is 0 Å². The zero-order chi connectivity index (χ0) is 22.3. The first kappa shape index (κ1) is 22.7. The molecular weight excluding hydrogens is 418 g/mol. The van der Waals surface area contributed by atoms with E-state index in [0.717, 1.165) is 26.2 Å². The Morgan fingerprint density at radius 3 is 2.10 bits per heavy atom. The van der Waals surface area contributed by atoms with Crippen molar-refractivity contribution in [2.45, 2.75) is 17.7 Å². The molecule has 1 aliphatic rings. The zero-order valence-electron chi connectivity index (χ0n) is 17.2. The molecule has 31 heavy (non-hydrogen) atoms. The molecule has 0 saturated carbocycles. The maximum Gasteiger partial charge on any atom is 0.242 e. The van der Waals surface area contributed by atoms with Crippen molar-refractivity contribution >= 4 is 27.5 Å². The van der Waals surface area contributed by atoms with Crippen molar-refractivity contribution in [2.24, 2.45) is 5.14 Å². The maximum atomic E-state index is 12.0. The van der Waals surface area contributed by atoms with E-state index in [1.165, 1.54) is 30.0 Å². The van der Waals surface area contributed by atoms with E-state index in [0.29, 0.717) is 12.1 Å². The zero-order valence-corrected chi connectivity index (χ0v) is 18.0. The number of anilines is 1. The molecule has 0 unspecified atom stereocenters. The van der Waals surface area contributed by atoms with E-state index < -0.39 is 15.9 Å². The van der Waals surface area contributed by atoms with Crippen LogP contribution < -0.4 is 20.9 Å². The third kappa shape index (κ3) is 7.06. The lowest BCUT2D eigenvalue weighted by Gasteiger charge is -2.36. The summed E-state index contributed by atoms with van der Waals surface area (Å²) in [5, 5.41) is 5.04. The summed E-state index contributed by atoms with van der Waals surface area (Å²) >= 11 is 0. The first-order valence-corrected chi connectivity index (χ1v) is 11.6. The topological polar surface area (TPSA) is 125 Å². The van der Waals surface area contributed by atoms with Gasteiger partial charge in [0.25, 0.3) is 0 Å². The van der Waals surface area contributed by atoms with Gasteiger partial charge in [-0.2, -0.15) is 0 Å².